The highest BCUT2D eigenvalue weighted by Crippen LogP contribution is 2.33. The molecule has 0 aromatic heterocycles. The fourth-order valence-electron chi connectivity index (χ4n) is 2.60. The topological polar surface area (TPSA) is 66.4 Å². The van der Waals surface area contributed by atoms with Crippen LogP contribution < -0.4 is 5.32 Å². The Morgan fingerprint density at radius 3 is 2.29 bits per heavy atom. The Morgan fingerprint density at radius 2 is 1.82 bits per heavy atom. The van der Waals surface area contributed by atoms with Gasteiger partial charge in [-0.25, -0.2) is 0 Å². The van der Waals surface area contributed by atoms with Gasteiger partial charge in [0.2, 0.25) is 5.91 Å². The van der Waals surface area contributed by atoms with Crippen molar-refractivity contribution in [3.8, 4) is 0 Å². The van der Waals surface area contributed by atoms with Gasteiger partial charge in [-0.3, -0.25) is 9.59 Å². The molecule has 4 nitrogen and oxygen atoms in total. The lowest BCUT2D eigenvalue weighted by Crippen LogP contribution is -2.54. The number of carboxylic acids is 1. The number of hydrogen-bond acceptors (Lipinski definition) is 2. The van der Waals surface area contributed by atoms with E-state index in [-0.39, 0.29) is 11.4 Å². The number of aliphatic carboxylic acids is 1. The number of nitrogens with one attached hydrogen (secondary N) is 1. The van der Waals surface area contributed by atoms with Crippen LogP contribution in [-0.4, -0.2) is 22.5 Å². The van der Waals surface area contributed by atoms with Gasteiger partial charge in [-0.15, -0.1) is 0 Å². The first-order valence-electron chi connectivity index (χ1n) is 6.22. The van der Waals surface area contributed by atoms with Crippen molar-refractivity contribution in [1.29, 1.82) is 0 Å². The van der Waals surface area contributed by atoms with Crippen molar-refractivity contribution in [2.24, 2.45) is 11.8 Å². The molecule has 1 fully saturated rings. The van der Waals surface area contributed by atoms with E-state index in [2.05, 4.69) is 5.32 Å². The van der Waals surface area contributed by atoms with Crippen LogP contribution in [-0.2, 0) is 9.59 Å². The number of carboxylic acid groups (broad SMARTS) is 1. The third-order valence-corrected chi connectivity index (χ3v) is 3.97. The first-order valence-corrected chi connectivity index (χ1v) is 6.22. The maximum atomic E-state index is 12.1. The molecule has 0 aromatic carbocycles. The van der Waals surface area contributed by atoms with Crippen molar-refractivity contribution >= 4 is 11.9 Å². The second-order valence-electron chi connectivity index (χ2n) is 5.40. The minimum Gasteiger partial charge on any atom is -0.481 e. The summed E-state index contributed by atoms with van der Waals surface area (Å²) in [4.78, 5) is 23.2. The highest BCUT2D eigenvalue weighted by molar-refractivity contribution is 5.85. The van der Waals surface area contributed by atoms with Gasteiger partial charge in [0.15, 0.2) is 0 Å². The van der Waals surface area contributed by atoms with Gasteiger partial charge in [0.25, 0.3) is 0 Å². The smallest absolute Gasteiger partial charge is 0.307 e. The number of allylic oxidation sites excluding steroid dienone is 2. The molecule has 0 saturated heterocycles. The quantitative estimate of drug-likeness (QED) is 0.734. The molecule has 0 spiro atoms. The predicted molar refractivity (Wildman–Crippen MR) is 63.4 cm³/mol. The summed E-state index contributed by atoms with van der Waals surface area (Å²) in [5.74, 6) is -1.93. The van der Waals surface area contributed by atoms with Gasteiger partial charge in [0.1, 0.15) is 0 Å². The molecule has 1 saturated carbocycles. The molecule has 2 atom stereocenters. The zero-order valence-electron chi connectivity index (χ0n) is 10.1. The first kappa shape index (κ1) is 12.1. The molecule has 17 heavy (non-hydrogen) atoms. The molecular formula is C13H19NO3. The lowest BCUT2D eigenvalue weighted by Gasteiger charge is -2.40. The third kappa shape index (κ3) is 2.51. The lowest BCUT2D eigenvalue weighted by atomic mass is 9.76. The van der Waals surface area contributed by atoms with Gasteiger partial charge in [-0.2, -0.15) is 0 Å². The number of amides is 1. The second kappa shape index (κ2) is 4.51. The second-order valence-corrected chi connectivity index (χ2v) is 5.40. The van der Waals surface area contributed by atoms with E-state index in [1.54, 1.807) is 0 Å². The highest BCUT2D eigenvalue weighted by atomic mass is 16.4. The Balaban J connectivity index is 2.01. The normalized spacial score (nSPS) is 30.4. The summed E-state index contributed by atoms with van der Waals surface area (Å²) in [6.45, 7) is 2.03. The molecule has 0 heterocycles. The average Bonchev–Trinajstić information content (AvgIpc) is 2.26. The van der Waals surface area contributed by atoms with Crippen LogP contribution in [0.1, 0.15) is 39.0 Å². The summed E-state index contributed by atoms with van der Waals surface area (Å²) in [5.41, 5.74) is -0.0959. The summed E-state index contributed by atoms with van der Waals surface area (Å²) in [7, 11) is 0. The van der Waals surface area contributed by atoms with Gasteiger partial charge >= 0.3 is 5.97 Å². The standard InChI is InChI=1S/C13H19NO3/c1-13(7-4-8-13)14-11(15)9-5-2-3-6-10(9)12(16)17/h2-3,9-10H,4-8H2,1H3,(H,14,15)(H,16,17)/t9-,10+/m1/s1. The monoisotopic (exact) mass is 237 g/mol. The Hall–Kier alpha value is -1.32. The molecule has 0 aromatic rings. The van der Waals surface area contributed by atoms with Crippen LogP contribution in [0.15, 0.2) is 12.2 Å². The van der Waals surface area contributed by atoms with Crippen LogP contribution in [0.3, 0.4) is 0 Å². The number of carbonyl (C=O) groups excluding carboxylic acids is 1. The van der Waals surface area contributed by atoms with E-state index in [1.165, 1.54) is 0 Å². The lowest BCUT2D eigenvalue weighted by molar-refractivity contribution is -0.148. The minimum absolute atomic E-state index is 0.0936. The van der Waals surface area contributed by atoms with E-state index in [1.807, 2.05) is 19.1 Å². The molecule has 0 aliphatic heterocycles. The maximum Gasteiger partial charge on any atom is 0.307 e. The van der Waals surface area contributed by atoms with Crippen LogP contribution in [0.5, 0.6) is 0 Å². The van der Waals surface area contributed by atoms with Crippen LogP contribution >= 0.6 is 0 Å². The maximum absolute atomic E-state index is 12.1. The van der Waals surface area contributed by atoms with Crippen molar-refractivity contribution in [3.63, 3.8) is 0 Å². The van der Waals surface area contributed by atoms with Gasteiger partial charge in [-0.05, 0) is 39.0 Å². The largest absolute Gasteiger partial charge is 0.481 e. The molecule has 2 rings (SSSR count). The summed E-state index contributed by atoms with van der Waals surface area (Å²) in [6.07, 6.45) is 7.91. The summed E-state index contributed by atoms with van der Waals surface area (Å²) < 4.78 is 0. The van der Waals surface area contributed by atoms with E-state index < -0.39 is 17.8 Å². The molecular weight excluding hydrogens is 218 g/mol. The van der Waals surface area contributed by atoms with Crippen molar-refractivity contribution in [2.75, 3.05) is 0 Å². The molecule has 0 radical (unpaired) electrons. The molecule has 94 valence electrons. The highest BCUT2D eigenvalue weighted by Gasteiger charge is 2.39. The molecule has 0 unspecified atom stereocenters. The van der Waals surface area contributed by atoms with Gasteiger partial charge in [0.05, 0.1) is 11.8 Å². The van der Waals surface area contributed by atoms with Crippen LogP contribution in [0.25, 0.3) is 0 Å². The molecule has 1 amide bonds. The molecule has 2 aliphatic carbocycles. The Morgan fingerprint density at radius 1 is 1.24 bits per heavy atom. The van der Waals surface area contributed by atoms with Gasteiger partial charge in [-0.1, -0.05) is 12.2 Å². The van der Waals surface area contributed by atoms with Crippen LogP contribution in [0.4, 0.5) is 0 Å². The predicted octanol–water partition coefficient (Wildman–Crippen LogP) is 1.71. The van der Waals surface area contributed by atoms with Crippen LogP contribution in [0, 0.1) is 11.8 Å². The van der Waals surface area contributed by atoms with Crippen molar-refractivity contribution in [2.45, 2.75) is 44.6 Å². The Labute approximate surface area is 101 Å². The zero-order chi connectivity index (χ0) is 12.5. The third-order valence-electron chi connectivity index (χ3n) is 3.97. The zero-order valence-corrected chi connectivity index (χ0v) is 10.1. The summed E-state index contributed by atoms with van der Waals surface area (Å²) >= 11 is 0. The average molecular weight is 237 g/mol. The molecule has 2 N–H and O–H groups in total. The molecule has 4 heteroatoms. The SMILES string of the molecule is CC1(NC(=O)[C@@H]2CC=CC[C@@H]2C(=O)O)CCC1. The van der Waals surface area contributed by atoms with Gasteiger partial charge in [0, 0.05) is 5.54 Å². The minimum atomic E-state index is -0.867. The summed E-state index contributed by atoms with van der Waals surface area (Å²) in [5, 5.41) is 12.1. The van der Waals surface area contributed by atoms with Gasteiger partial charge < -0.3 is 10.4 Å². The number of rotatable bonds is 3. The van der Waals surface area contributed by atoms with E-state index in [0.29, 0.717) is 12.8 Å². The Bertz CT molecular complexity index is 358. The summed E-state index contributed by atoms with van der Waals surface area (Å²) in [6, 6.07) is 0. The fraction of sp³-hybridized carbons (Fsp3) is 0.692. The van der Waals surface area contributed by atoms with E-state index in [9.17, 15) is 9.59 Å². The van der Waals surface area contributed by atoms with Crippen molar-refractivity contribution in [1.82, 2.24) is 5.32 Å². The fourth-order valence-corrected chi connectivity index (χ4v) is 2.60. The van der Waals surface area contributed by atoms with Crippen molar-refractivity contribution < 1.29 is 14.7 Å². The van der Waals surface area contributed by atoms with E-state index >= 15 is 0 Å². The number of carbonyl (C=O) groups is 2. The molecule has 0 bridgehead atoms. The van der Waals surface area contributed by atoms with E-state index in [4.69, 9.17) is 5.11 Å². The Kier molecular flexibility index (Phi) is 3.22. The first-order chi connectivity index (χ1) is 8.02. The molecule has 2 aliphatic rings. The van der Waals surface area contributed by atoms with Crippen LogP contribution in [0.2, 0.25) is 0 Å². The van der Waals surface area contributed by atoms with E-state index in [0.717, 1.165) is 19.3 Å². The van der Waals surface area contributed by atoms with Crippen molar-refractivity contribution in [3.05, 3.63) is 12.2 Å². The number of hydrogen-bond donors (Lipinski definition) is 2.